The number of aromatic nitrogens is 2. The molecule has 0 saturated heterocycles. The number of imidazole rings is 1. The first-order valence-electron chi connectivity index (χ1n) is 6.16. The molecule has 0 aliphatic rings. The lowest BCUT2D eigenvalue weighted by molar-refractivity contribution is 1.09. The summed E-state index contributed by atoms with van der Waals surface area (Å²) in [6.07, 6.45) is 4.03. The Hall–Kier alpha value is -1.71. The number of anilines is 1. The maximum Gasteiger partial charge on any atom is 0.137 e. The Bertz CT molecular complexity index is 778. The Balaban J connectivity index is 2.10. The number of hydrogen-bond acceptors (Lipinski definition) is 2. The number of nitrogens with zero attached hydrogens (tertiary/aromatic N) is 3. The number of halogens is 2. The van der Waals surface area contributed by atoms with Crippen LogP contribution in [0.4, 0.5) is 5.69 Å². The molecule has 0 radical (unpaired) electrons. The molecule has 0 N–H and O–H groups in total. The minimum atomic E-state index is 0.537. The van der Waals surface area contributed by atoms with E-state index in [1.807, 2.05) is 55.2 Å². The largest absolute Gasteiger partial charge is 0.376 e. The third-order valence-corrected chi connectivity index (χ3v) is 3.91. The first-order chi connectivity index (χ1) is 9.54. The summed E-state index contributed by atoms with van der Waals surface area (Å²) in [6, 6.07) is 9.58. The number of pyridine rings is 1. The van der Waals surface area contributed by atoms with Gasteiger partial charge < -0.3 is 9.30 Å². The highest BCUT2D eigenvalue weighted by Gasteiger charge is 2.07. The average Bonchev–Trinajstić information content (AvgIpc) is 2.84. The number of benzene rings is 1. The molecule has 3 nitrogen and oxygen atoms in total. The van der Waals surface area contributed by atoms with Gasteiger partial charge in [-0.15, -0.1) is 0 Å². The van der Waals surface area contributed by atoms with Crippen molar-refractivity contribution >= 4 is 34.5 Å². The van der Waals surface area contributed by atoms with E-state index in [4.69, 9.17) is 23.2 Å². The van der Waals surface area contributed by atoms with Crippen molar-refractivity contribution < 1.29 is 0 Å². The van der Waals surface area contributed by atoms with Crippen molar-refractivity contribution in [1.82, 2.24) is 9.38 Å². The Morgan fingerprint density at radius 3 is 2.50 bits per heavy atom. The smallest absolute Gasteiger partial charge is 0.137 e. The van der Waals surface area contributed by atoms with E-state index < -0.39 is 0 Å². The van der Waals surface area contributed by atoms with E-state index in [-0.39, 0.29) is 0 Å². The maximum absolute atomic E-state index is 6.06. The van der Waals surface area contributed by atoms with Crippen LogP contribution < -0.4 is 4.90 Å². The van der Waals surface area contributed by atoms with Crippen LogP contribution >= 0.6 is 23.2 Å². The molecular weight excluding hydrogens is 293 g/mol. The van der Waals surface area contributed by atoms with E-state index in [0.29, 0.717) is 10.0 Å². The first-order valence-corrected chi connectivity index (χ1v) is 6.92. The summed E-state index contributed by atoms with van der Waals surface area (Å²) in [5, 5.41) is 1.09. The Labute approximate surface area is 127 Å². The normalized spacial score (nSPS) is 11.0. The predicted molar refractivity (Wildman–Crippen MR) is 85.0 cm³/mol. The zero-order valence-corrected chi connectivity index (χ0v) is 12.7. The molecule has 0 amide bonds. The molecule has 0 aliphatic carbocycles. The van der Waals surface area contributed by atoms with Gasteiger partial charge in [0.25, 0.3) is 0 Å². The van der Waals surface area contributed by atoms with Crippen molar-refractivity contribution in [1.29, 1.82) is 0 Å². The van der Waals surface area contributed by atoms with E-state index in [1.54, 1.807) is 6.07 Å². The lowest BCUT2D eigenvalue weighted by atomic mass is 10.2. The van der Waals surface area contributed by atoms with Crippen LogP contribution in [0.15, 0.2) is 42.7 Å². The standard InChI is InChI=1S/C15H13Cl2N3/c1-19(2)11-4-6-15-18-14(9-20(15)8-11)10-3-5-12(16)13(17)7-10/h3-9H,1-2H3. The highest BCUT2D eigenvalue weighted by atomic mass is 35.5. The third-order valence-electron chi connectivity index (χ3n) is 3.17. The molecule has 0 spiro atoms. The van der Waals surface area contributed by atoms with Gasteiger partial charge in [-0.3, -0.25) is 0 Å². The molecular formula is C15H13Cl2N3. The lowest BCUT2D eigenvalue weighted by Crippen LogP contribution is -2.08. The third kappa shape index (κ3) is 2.35. The lowest BCUT2D eigenvalue weighted by Gasteiger charge is -2.11. The van der Waals surface area contributed by atoms with E-state index >= 15 is 0 Å². The highest BCUT2D eigenvalue weighted by Crippen LogP contribution is 2.28. The Morgan fingerprint density at radius 1 is 1.00 bits per heavy atom. The molecule has 0 aliphatic heterocycles. The number of rotatable bonds is 2. The van der Waals surface area contributed by atoms with Gasteiger partial charge in [0.05, 0.1) is 21.4 Å². The molecule has 2 aromatic heterocycles. The fraction of sp³-hybridized carbons (Fsp3) is 0.133. The van der Waals surface area contributed by atoms with Gasteiger partial charge in [-0.2, -0.15) is 0 Å². The Kier molecular flexibility index (Phi) is 3.32. The molecule has 1 aromatic carbocycles. The SMILES string of the molecule is CN(C)c1ccc2nc(-c3ccc(Cl)c(Cl)c3)cn2c1. The van der Waals surface area contributed by atoms with Gasteiger partial charge in [-0.05, 0) is 24.3 Å². The fourth-order valence-corrected chi connectivity index (χ4v) is 2.34. The van der Waals surface area contributed by atoms with Crippen molar-refractivity contribution in [3.63, 3.8) is 0 Å². The average molecular weight is 306 g/mol. The number of hydrogen-bond donors (Lipinski definition) is 0. The molecule has 0 fully saturated rings. The summed E-state index contributed by atoms with van der Waals surface area (Å²) in [5.74, 6) is 0. The van der Waals surface area contributed by atoms with Gasteiger partial charge in [0.1, 0.15) is 5.65 Å². The Morgan fingerprint density at radius 2 is 1.80 bits per heavy atom. The molecule has 2 heterocycles. The van der Waals surface area contributed by atoms with Crippen LogP contribution in [0.2, 0.25) is 10.0 Å². The van der Waals surface area contributed by atoms with Gasteiger partial charge in [0.2, 0.25) is 0 Å². The zero-order valence-electron chi connectivity index (χ0n) is 11.1. The minimum absolute atomic E-state index is 0.537. The van der Waals surface area contributed by atoms with Gasteiger partial charge >= 0.3 is 0 Å². The predicted octanol–water partition coefficient (Wildman–Crippen LogP) is 4.37. The minimum Gasteiger partial charge on any atom is -0.376 e. The van der Waals surface area contributed by atoms with E-state index in [0.717, 1.165) is 22.6 Å². The van der Waals surface area contributed by atoms with Crippen LogP contribution in [-0.2, 0) is 0 Å². The summed E-state index contributed by atoms with van der Waals surface area (Å²) in [6.45, 7) is 0. The van der Waals surface area contributed by atoms with Gasteiger partial charge in [0.15, 0.2) is 0 Å². The summed E-state index contributed by atoms with van der Waals surface area (Å²) in [5.41, 5.74) is 3.85. The summed E-state index contributed by atoms with van der Waals surface area (Å²) in [7, 11) is 4.02. The number of fused-ring (bicyclic) bond motifs is 1. The second-order valence-electron chi connectivity index (χ2n) is 4.80. The quantitative estimate of drug-likeness (QED) is 0.700. The van der Waals surface area contributed by atoms with E-state index in [9.17, 15) is 0 Å². The first kappa shape index (κ1) is 13.3. The molecule has 0 saturated carbocycles. The van der Waals surface area contributed by atoms with Crippen molar-refractivity contribution in [3.8, 4) is 11.3 Å². The molecule has 102 valence electrons. The van der Waals surface area contributed by atoms with Crippen LogP contribution in [0.25, 0.3) is 16.9 Å². The van der Waals surface area contributed by atoms with Crippen molar-refractivity contribution in [2.24, 2.45) is 0 Å². The van der Waals surface area contributed by atoms with Gasteiger partial charge in [-0.1, -0.05) is 29.3 Å². The van der Waals surface area contributed by atoms with Crippen molar-refractivity contribution in [3.05, 3.63) is 52.8 Å². The maximum atomic E-state index is 6.06. The van der Waals surface area contributed by atoms with Crippen molar-refractivity contribution in [2.45, 2.75) is 0 Å². The monoisotopic (exact) mass is 305 g/mol. The van der Waals surface area contributed by atoms with Crippen LogP contribution in [0.5, 0.6) is 0 Å². The van der Waals surface area contributed by atoms with Crippen molar-refractivity contribution in [2.75, 3.05) is 19.0 Å². The van der Waals surface area contributed by atoms with Gasteiger partial charge in [-0.25, -0.2) is 4.98 Å². The van der Waals surface area contributed by atoms with Crippen LogP contribution in [0.3, 0.4) is 0 Å². The molecule has 3 aromatic rings. The molecule has 3 rings (SSSR count). The van der Waals surface area contributed by atoms with Crippen LogP contribution in [0, 0.1) is 0 Å². The van der Waals surface area contributed by atoms with Crippen LogP contribution in [0.1, 0.15) is 0 Å². The second-order valence-corrected chi connectivity index (χ2v) is 5.62. The van der Waals surface area contributed by atoms with E-state index in [2.05, 4.69) is 9.88 Å². The molecule has 0 atom stereocenters. The summed E-state index contributed by atoms with van der Waals surface area (Å²) in [4.78, 5) is 6.65. The summed E-state index contributed by atoms with van der Waals surface area (Å²) >= 11 is 12.0. The summed E-state index contributed by atoms with van der Waals surface area (Å²) < 4.78 is 2.01. The molecule has 20 heavy (non-hydrogen) atoms. The van der Waals surface area contributed by atoms with E-state index in [1.165, 1.54) is 0 Å². The second kappa shape index (κ2) is 5.00. The fourth-order valence-electron chi connectivity index (χ4n) is 2.04. The van der Waals surface area contributed by atoms with Gasteiger partial charge in [0, 0.05) is 32.1 Å². The van der Waals surface area contributed by atoms with Crippen LogP contribution in [-0.4, -0.2) is 23.5 Å². The molecule has 0 unspecified atom stereocenters. The topological polar surface area (TPSA) is 20.5 Å². The zero-order chi connectivity index (χ0) is 14.3. The highest BCUT2D eigenvalue weighted by molar-refractivity contribution is 6.42. The molecule has 5 heteroatoms. The molecule has 0 bridgehead atoms.